The highest BCUT2D eigenvalue weighted by atomic mass is 32.2. The molecule has 2 rings (SSSR count). The van der Waals surface area contributed by atoms with Gasteiger partial charge in [0.2, 0.25) is 5.95 Å². The van der Waals surface area contributed by atoms with E-state index in [-0.39, 0.29) is 11.0 Å². The Balaban J connectivity index is 2.39. The van der Waals surface area contributed by atoms with Gasteiger partial charge in [-0.25, -0.2) is 20.8 Å². The summed E-state index contributed by atoms with van der Waals surface area (Å²) in [6, 6.07) is 4.51. The van der Waals surface area contributed by atoms with E-state index in [1.807, 2.05) is 25.3 Å². The highest BCUT2D eigenvalue weighted by Gasteiger charge is 2.33. The van der Waals surface area contributed by atoms with Gasteiger partial charge in [0.25, 0.3) is 0 Å². The standard InChI is InChI=1S/C12H12F3N5S/c1-6-3-7(2)17-9(4-6)21-10-5-8(12(13,14)15)18-11(19-10)20-16/h3-5H,16H2,1-2H3,(H,18,19,20). The van der Waals surface area contributed by atoms with E-state index in [0.717, 1.165) is 29.1 Å². The molecular formula is C12H12F3N5S. The van der Waals surface area contributed by atoms with Gasteiger partial charge in [-0.15, -0.1) is 0 Å². The lowest BCUT2D eigenvalue weighted by molar-refractivity contribution is -0.141. The maximum Gasteiger partial charge on any atom is 0.433 e. The highest BCUT2D eigenvalue weighted by Crippen LogP contribution is 2.32. The van der Waals surface area contributed by atoms with E-state index in [1.165, 1.54) is 0 Å². The number of rotatable bonds is 3. The summed E-state index contributed by atoms with van der Waals surface area (Å²) in [5.41, 5.74) is 2.72. The summed E-state index contributed by atoms with van der Waals surface area (Å²) in [6.07, 6.45) is -4.57. The molecule has 3 N–H and O–H groups in total. The van der Waals surface area contributed by atoms with Gasteiger partial charge < -0.3 is 0 Å². The smallest absolute Gasteiger partial charge is 0.292 e. The monoisotopic (exact) mass is 315 g/mol. The quantitative estimate of drug-likeness (QED) is 0.515. The molecule has 0 saturated heterocycles. The molecule has 0 spiro atoms. The van der Waals surface area contributed by atoms with Crippen molar-refractivity contribution in [1.29, 1.82) is 0 Å². The van der Waals surface area contributed by atoms with Crippen molar-refractivity contribution in [2.45, 2.75) is 30.1 Å². The zero-order valence-corrected chi connectivity index (χ0v) is 12.0. The Labute approximate surface area is 123 Å². The van der Waals surface area contributed by atoms with Gasteiger partial charge in [0, 0.05) is 11.8 Å². The number of aromatic nitrogens is 3. The third-order valence-corrected chi connectivity index (χ3v) is 3.24. The summed E-state index contributed by atoms with van der Waals surface area (Å²) in [6.45, 7) is 3.69. The molecule has 0 aliphatic rings. The van der Waals surface area contributed by atoms with Crippen LogP contribution in [0.25, 0.3) is 0 Å². The van der Waals surface area contributed by atoms with E-state index in [4.69, 9.17) is 5.84 Å². The third kappa shape index (κ3) is 4.05. The maximum absolute atomic E-state index is 12.8. The van der Waals surface area contributed by atoms with Crippen molar-refractivity contribution >= 4 is 17.7 Å². The van der Waals surface area contributed by atoms with E-state index >= 15 is 0 Å². The van der Waals surface area contributed by atoms with E-state index in [0.29, 0.717) is 5.03 Å². The minimum atomic E-state index is -4.57. The Bertz CT molecular complexity index is 640. The normalized spacial score (nSPS) is 11.5. The summed E-state index contributed by atoms with van der Waals surface area (Å²) < 4.78 is 38.3. The fraction of sp³-hybridized carbons (Fsp3) is 0.250. The van der Waals surface area contributed by atoms with Crippen LogP contribution in [0.4, 0.5) is 19.1 Å². The number of hydrogen-bond acceptors (Lipinski definition) is 6. The van der Waals surface area contributed by atoms with Crippen molar-refractivity contribution in [2.75, 3.05) is 5.43 Å². The number of aryl methyl sites for hydroxylation is 2. The average Bonchev–Trinajstić information content (AvgIpc) is 2.36. The molecule has 0 fully saturated rings. The Morgan fingerprint density at radius 1 is 1.05 bits per heavy atom. The maximum atomic E-state index is 12.8. The van der Waals surface area contributed by atoms with E-state index in [9.17, 15) is 13.2 Å². The molecule has 0 amide bonds. The Morgan fingerprint density at radius 2 is 1.71 bits per heavy atom. The van der Waals surface area contributed by atoms with Crippen LogP contribution in [-0.2, 0) is 6.18 Å². The van der Waals surface area contributed by atoms with Gasteiger partial charge in [-0.1, -0.05) is 0 Å². The first kappa shape index (κ1) is 15.5. The minimum absolute atomic E-state index is 0.114. The molecule has 21 heavy (non-hydrogen) atoms. The molecular weight excluding hydrogens is 303 g/mol. The zero-order valence-electron chi connectivity index (χ0n) is 11.2. The topological polar surface area (TPSA) is 76.7 Å². The van der Waals surface area contributed by atoms with Crippen LogP contribution < -0.4 is 11.3 Å². The Kier molecular flexibility index (Phi) is 4.33. The molecule has 0 bridgehead atoms. The van der Waals surface area contributed by atoms with E-state index in [2.05, 4.69) is 15.0 Å². The number of hydrazine groups is 1. The van der Waals surface area contributed by atoms with Crippen molar-refractivity contribution in [3.8, 4) is 0 Å². The first-order chi connectivity index (χ1) is 9.77. The van der Waals surface area contributed by atoms with Gasteiger partial charge in [-0.3, -0.25) is 5.43 Å². The van der Waals surface area contributed by atoms with E-state index < -0.39 is 11.9 Å². The largest absolute Gasteiger partial charge is 0.433 e. The summed E-state index contributed by atoms with van der Waals surface area (Å²) in [4.78, 5) is 11.4. The summed E-state index contributed by atoms with van der Waals surface area (Å²) in [5.74, 6) is 4.81. The number of nitrogens with zero attached hydrogens (tertiary/aromatic N) is 3. The van der Waals surface area contributed by atoms with Crippen molar-refractivity contribution in [1.82, 2.24) is 15.0 Å². The lowest BCUT2D eigenvalue weighted by Gasteiger charge is -2.10. The van der Waals surface area contributed by atoms with Gasteiger partial charge in [0.1, 0.15) is 10.1 Å². The molecule has 0 radical (unpaired) electrons. The number of halogens is 3. The molecule has 0 aromatic carbocycles. The predicted molar refractivity (Wildman–Crippen MR) is 72.7 cm³/mol. The molecule has 0 unspecified atom stereocenters. The van der Waals surface area contributed by atoms with Crippen LogP contribution in [0.1, 0.15) is 17.0 Å². The lowest BCUT2D eigenvalue weighted by Crippen LogP contribution is -2.15. The van der Waals surface area contributed by atoms with Crippen molar-refractivity contribution in [2.24, 2.45) is 5.84 Å². The van der Waals surface area contributed by atoms with Gasteiger partial charge >= 0.3 is 6.18 Å². The second-order valence-corrected chi connectivity index (χ2v) is 5.32. The SMILES string of the molecule is Cc1cc(C)nc(Sc2cc(C(F)(F)F)nc(NN)n2)c1. The first-order valence-electron chi connectivity index (χ1n) is 5.84. The van der Waals surface area contributed by atoms with Crippen LogP contribution in [0.3, 0.4) is 0 Å². The number of nitrogens with one attached hydrogen (secondary N) is 1. The van der Waals surface area contributed by atoms with Gasteiger partial charge in [-0.05, 0) is 43.3 Å². The Hall–Kier alpha value is -1.87. The third-order valence-electron chi connectivity index (χ3n) is 2.41. The molecule has 0 aliphatic carbocycles. The van der Waals surface area contributed by atoms with Crippen molar-refractivity contribution < 1.29 is 13.2 Å². The van der Waals surface area contributed by atoms with Crippen LogP contribution >= 0.6 is 11.8 Å². The van der Waals surface area contributed by atoms with E-state index in [1.54, 1.807) is 6.07 Å². The highest BCUT2D eigenvalue weighted by molar-refractivity contribution is 7.99. The van der Waals surface area contributed by atoms with Crippen LogP contribution in [0.5, 0.6) is 0 Å². The number of alkyl halides is 3. The molecule has 9 heteroatoms. The fourth-order valence-corrected chi connectivity index (χ4v) is 2.60. The van der Waals surface area contributed by atoms with Gasteiger partial charge in [-0.2, -0.15) is 13.2 Å². The van der Waals surface area contributed by atoms with Crippen molar-refractivity contribution in [3.63, 3.8) is 0 Å². The van der Waals surface area contributed by atoms with Gasteiger partial charge in [0.05, 0.1) is 0 Å². The summed E-state index contributed by atoms with van der Waals surface area (Å²) in [7, 11) is 0. The molecule has 112 valence electrons. The van der Waals surface area contributed by atoms with Crippen LogP contribution in [-0.4, -0.2) is 15.0 Å². The fourth-order valence-electron chi connectivity index (χ4n) is 1.65. The van der Waals surface area contributed by atoms with Crippen LogP contribution in [0, 0.1) is 13.8 Å². The number of nitrogen functional groups attached to an aromatic ring is 1. The number of hydrogen-bond donors (Lipinski definition) is 2. The lowest BCUT2D eigenvalue weighted by atomic mass is 10.3. The molecule has 0 atom stereocenters. The molecule has 2 heterocycles. The molecule has 2 aromatic rings. The minimum Gasteiger partial charge on any atom is -0.292 e. The Morgan fingerprint density at radius 3 is 2.29 bits per heavy atom. The average molecular weight is 315 g/mol. The molecule has 5 nitrogen and oxygen atoms in total. The second kappa shape index (κ2) is 5.86. The van der Waals surface area contributed by atoms with Crippen molar-refractivity contribution in [3.05, 3.63) is 35.2 Å². The molecule has 0 saturated carbocycles. The zero-order chi connectivity index (χ0) is 15.6. The number of anilines is 1. The summed E-state index contributed by atoms with van der Waals surface area (Å²) in [5, 5.41) is 0.671. The van der Waals surface area contributed by atoms with Crippen LogP contribution in [0.2, 0.25) is 0 Å². The second-order valence-electron chi connectivity index (χ2n) is 4.28. The number of pyridine rings is 1. The molecule has 2 aromatic heterocycles. The first-order valence-corrected chi connectivity index (χ1v) is 6.65. The number of nitrogens with two attached hydrogens (primary N) is 1. The van der Waals surface area contributed by atoms with Gasteiger partial charge in [0.15, 0.2) is 5.69 Å². The predicted octanol–water partition coefficient (Wildman–Crippen LogP) is 2.94. The van der Waals surface area contributed by atoms with Crippen LogP contribution in [0.15, 0.2) is 28.3 Å². The molecule has 0 aliphatic heterocycles. The summed E-state index contributed by atoms with van der Waals surface area (Å²) >= 11 is 1.02.